The maximum Gasteiger partial charge on any atom is 0.274 e. The fraction of sp³-hybridized carbons (Fsp3) is 0.500. The third kappa shape index (κ3) is 4.54. The van der Waals surface area contributed by atoms with Crippen LogP contribution in [0.3, 0.4) is 0 Å². The molecular formula is C20H25FN4O2. The Morgan fingerprint density at radius 2 is 2.07 bits per heavy atom. The smallest absolute Gasteiger partial charge is 0.274 e. The van der Waals surface area contributed by atoms with Crippen molar-refractivity contribution in [3.05, 3.63) is 53.1 Å². The second kappa shape index (κ2) is 8.19. The Bertz CT molecular complexity index is 784. The molecule has 1 amide bonds. The summed E-state index contributed by atoms with van der Waals surface area (Å²) in [6.07, 6.45) is 2.29. The number of H-pyrrole nitrogens is 1. The van der Waals surface area contributed by atoms with Gasteiger partial charge in [0.1, 0.15) is 11.5 Å². The highest BCUT2D eigenvalue weighted by Crippen LogP contribution is 2.39. The van der Waals surface area contributed by atoms with Crippen LogP contribution in [0.1, 0.15) is 40.5 Å². The van der Waals surface area contributed by atoms with Gasteiger partial charge in [-0.15, -0.1) is 0 Å². The number of aromatic amines is 1. The molecule has 7 heteroatoms. The van der Waals surface area contributed by atoms with Gasteiger partial charge >= 0.3 is 0 Å². The van der Waals surface area contributed by atoms with Gasteiger partial charge < -0.3 is 9.64 Å². The van der Waals surface area contributed by atoms with E-state index in [1.165, 1.54) is 6.07 Å². The number of hydrogen-bond acceptors (Lipinski definition) is 4. The average Bonchev–Trinajstić information content (AvgIpc) is 3.43. The van der Waals surface area contributed by atoms with Gasteiger partial charge in [0.15, 0.2) is 0 Å². The standard InChI is InChI=1S/C20H25FN4O2/c21-17-4-2-1-3-16(17)14-25(8-7-24-9-11-27-12-10-24)20(26)19-13-18(22-23-19)15-5-6-15/h1-4,13,15H,5-12,14H2,(H,22,23). The van der Waals surface area contributed by atoms with Crippen molar-refractivity contribution in [2.24, 2.45) is 0 Å². The normalized spacial score (nSPS) is 17.8. The highest BCUT2D eigenvalue weighted by molar-refractivity contribution is 5.92. The maximum atomic E-state index is 14.1. The molecule has 1 aliphatic heterocycles. The predicted octanol–water partition coefficient (Wildman–Crippen LogP) is 2.40. The van der Waals surface area contributed by atoms with Crippen LogP contribution in [0.25, 0.3) is 0 Å². The summed E-state index contributed by atoms with van der Waals surface area (Å²) in [5.41, 5.74) is 1.96. The van der Waals surface area contributed by atoms with Gasteiger partial charge in [0, 0.05) is 49.9 Å². The number of nitrogens with zero attached hydrogens (tertiary/aromatic N) is 3. The van der Waals surface area contributed by atoms with E-state index < -0.39 is 0 Å². The molecule has 1 aromatic heterocycles. The first kappa shape index (κ1) is 18.1. The van der Waals surface area contributed by atoms with Crippen LogP contribution in [-0.2, 0) is 11.3 Å². The van der Waals surface area contributed by atoms with Gasteiger partial charge in [-0.2, -0.15) is 5.10 Å². The third-order valence-corrected chi connectivity index (χ3v) is 5.23. The van der Waals surface area contributed by atoms with Crippen LogP contribution in [0, 0.1) is 5.82 Å². The molecule has 1 saturated heterocycles. The van der Waals surface area contributed by atoms with Gasteiger partial charge in [0.05, 0.1) is 13.2 Å². The van der Waals surface area contributed by atoms with Crippen molar-refractivity contribution in [2.45, 2.75) is 25.3 Å². The van der Waals surface area contributed by atoms with Gasteiger partial charge in [0.25, 0.3) is 5.91 Å². The van der Waals surface area contributed by atoms with E-state index in [1.807, 2.05) is 6.07 Å². The van der Waals surface area contributed by atoms with Crippen LogP contribution >= 0.6 is 0 Å². The number of benzene rings is 1. The largest absolute Gasteiger partial charge is 0.379 e. The van der Waals surface area contributed by atoms with Crippen LogP contribution in [0.4, 0.5) is 4.39 Å². The van der Waals surface area contributed by atoms with Crippen LogP contribution in [-0.4, -0.2) is 65.3 Å². The van der Waals surface area contributed by atoms with Crippen LogP contribution in [0.5, 0.6) is 0 Å². The molecule has 1 saturated carbocycles. The molecule has 2 aromatic rings. The second-order valence-electron chi connectivity index (χ2n) is 7.25. The zero-order chi connectivity index (χ0) is 18.6. The SMILES string of the molecule is O=C(c1cc(C2CC2)[nH]n1)N(CCN1CCOCC1)Cc1ccccc1F. The van der Waals surface area contributed by atoms with Crippen LogP contribution in [0.2, 0.25) is 0 Å². The molecule has 1 aromatic carbocycles. The minimum atomic E-state index is -0.289. The summed E-state index contributed by atoms with van der Waals surface area (Å²) < 4.78 is 19.5. The highest BCUT2D eigenvalue weighted by Gasteiger charge is 2.28. The summed E-state index contributed by atoms with van der Waals surface area (Å²) in [5, 5.41) is 7.20. The summed E-state index contributed by atoms with van der Waals surface area (Å²) in [6.45, 7) is 4.65. The maximum absolute atomic E-state index is 14.1. The molecule has 0 unspecified atom stereocenters. The Labute approximate surface area is 158 Å². The Morgan fingerprint density at radius 3 is 2.81 bits per heavy atom. The van der Waals surface area contributed by atoms with E-state index in [2.05, 4.69) is 15.1 Å². The number of rotatable bonds is 7. The summed E-state index contributed by atoms with van der Waals surface area (Å²) >= 11 is 0. The number of nitrogens with one attached hydrogen (secondary N) is 1. The minimum Gasteiger partial charge on any atom is -0.379 e. The number of carbonyl (C=O) groups is 1. The molecule has 2 aliphatic rings. The molecule has 27 heavy (non-hydrogen) atoms. The molecule has 4 rings (SSSR count). The Hall–Kier alpha value is -2.25. The first-order chi connectivity index (χ1) is 13.2. The Balaban J connectivity index is 1.48. The molecule has 6 nitrogen and oxygen atoms in total. The molecule has 0 spiro atoms. The van der Waals surface area contributed by atoms with Crippen molar-refractivity contribution in [2.75, 3.05) is 39.4 Å². The third-order valence-electron chi connectivity index (χ3n) is 5.23. The number of morpholine rings is 1. The molecule has 0 bridgehead atoms. The lowest BCUT2D eigenvalue weighted by atomic mass is 10.2. The topological polar surface area (TPSA) is 61.5 Å². The Kier molecular flexibility index (Phi) is 5.50. The van der Waals surface area contributed by atoms with E-state index >= 15 is 0 Å². The van der Waals surface area contributed by atoms with E-state index in [9.17, 15) is 9.18 Å². The molecule has 1 aliphatic carbocycles. The lowest BCUT2D eigenvalue weighted by Crippen LogP contribution is -2.43. The average molecular weight is 372 g/mol. The van der Waals surface area contributed by atoms with Gasteiger partial charge in [-0.3, -0.25) is 14.8 Å². The van der Waals surface area contributed by atoms with Crippen LogP contribution < -0.4 is 0 Å². The monoisotopic (exact) mass is 372 g/mol. The van der Waals surface area contributed by atoms with Gasteiger partial charge in [-0.05, 0) is 25.0 Å². The number of halogens is 1. The number of aromatic nitrogens is 2. The van der Waals surface area contributed by atoms with E-state index in [-0.39, 0.29) is 18.3 Å². The summed E-state index contributed by atoms with van der Waals surface area (Å²) in [5.74, 6) is 0.0597. The van der Waals surface area contributed by atoms with E-state index in [0.29, 0.717) is 36.9 Å². The molecule has 1 N–H and O–H groups in total. The van der Waals surface area contributed by atoms with Gasteiger partial charge in [-0.25, -0.2) is 4.39 Å². The zero-order valence-electron chi connectivity index (χ0n) is 15.4. The van der Waals surface area contributed by atoms with Crippen LogP contribution in [0.15, 0.2) is 30.3 Å². The highest BCUT2D eigenvalue weighted by atomic mass is 19.1. The first-order valence-electron chi connectivity index (χ1n) is 9.59. The Morgan fingerprint density at radius 1 is 1.30 bits per heavy atom. The molecule has 0 radical (unpaired) electrons. The van der Waals surface area contributed by atoms with Gasteiger partial charge in [0.2, 0.25) is 0 Å². The van der Waals surface area contributed by atoms with E-state index in [1.54, 1.807) is 23.1 Å². The molecule has 0 atom stereocenters. The predicted molar refractivity (Wildman–Crippen MR) is 99.0 cm³/mol. The van der Waals surface area contributed by atoms with Crippen molar-refractivity contribution in [3.63, 3.8) is 0 Å². The fourth-order valence-electron chi connectivity index (χ4n) is 3.38. The van der Waals surface area contributed by atoms with Gasteiger partial charge in [-0.1, -0.05) is 18.2 Å². The van der Waals surface area contributed by atoms with Crippen molar-refractivity contribution in [3.8, 4) is 0 Å². The quantitative estimate of drug-likeness (QED) is 0.811. The first-order valence-corrected chi connectivity index (χ1v) is 9.59. The lowest BCUT2D eigenvalue weighted by molar-refractivity contribution is 0.0319. The number of carbonyl (C=O) groups excluding carboxylic acids is 1. The van der Waals surface area contributed by atoms with E-state index in [4.69, 9.17) is 4.74 Å². The summed E-state index contributed by atoms with van der Waals surface area (Å²) in [6, 6.07) is 8.46. The molecular weight excluding hydrogens is 347 g/mol. The fourth-order valence-corrected chi connectivity index (χ4v) is 3.38. The van der Waals surface area contributed by atoms with E-state index in [0.717, 1.165) is 38.2 Å². The summed E-state index contributed by atoms with van der Waals surface area (Å²) in [4.78, 5) is 17.0. The lowest BCUT2D eigenvalue weighted by Gasteiger charge is -2.30. The van der Waals surface area contributed by atoms with Crippen molar-refractivity contribution in [1.82, 2.24) is 20.0 Å². The number of ether oxygens (including phenoxy) is 1. The minimum absolute atomic E-state index is 0.158. The van der Waals surface area contributed by atoms with Crippen molar-refractivity contribution in [1.29, 1.82) is 0 Å². The zero-order valence-corrected chi connectivity index (χ0v) is 15.4. The molecule has 2 heterocycles. The number of hydrogen-bond donors (Lipinski definition) is 1. The summed E-state index contributed by atoms with van der Waals surface area (Å²) in [7, 11) is 0. The van der Waals surface area contributed by atoms with Crippen molar-refractivity contribution < 1.29 is 13.9 Å². The van der Waals surface area contributed by atoms with Crippen molar-refractivity contribution >= 4 is 5.91 Å². The molecule has 144 valence electrons. The molecule has 2 fully saturated rings. The second-order valence-corrected chi connectivity index (χ2v) is 7.25. The number of amides is 1.